The fraction of sp³-hybridized carbons (Fsp3) is 0.333. The summed E-state index contributed by atoms with van der Waals surface area (Å²) in [4.78, 5) is 0. The molecule has 71 valence electrons. The summed E-state index contributed by atoms with van der Waals surface area (Å²) in [5.41, 5.74) is 0. The van der Waals surface area contributed by atoms with Crippen molar-refractivity contribution in [3.63, 3.8) is 0 Å². The van der Waals surface area contributed by atoms with E-state index in [1.165, 1.54) is 0 Å². The van der Waals surface area contributed by atoms with Crippen LogP contribution in [0.1, 0.15) is 6.42 Å². The standard InChI is InChI=1S/C9H8Br3O/c10-5-2-6-13-9-7(11)3-1-4-8(9)12/h3-4H,2,5-6H2. The van der Waals surface area contributed by atoms with Gasteiger partial charge >= 0.3 is 0 Å². The van der Waals surface area contributed by atoms with Gasteiger partial charge in [0.15, 0.2) is 0 Å². The van der Waals surface area contributed by atoms with Crippen molar-refractivity contribution >= 4 is 47.8 Å². The molecule has 4 heteroatoms. The van der Waals surface area contributed by atoms with E-state index >= 15 is 0 Å². The highest BCUT2D eigenvalue weighted by Gasteiger charge is 2.04. The second-order valence-electron chi connectivity index (χ2n) is 2.37. The van der Waals surface area contributed by atoms with Crippen LogP contribution in [0.3, 0.4) is 0 Å². The minimum Gasteiger partial charge on any atom is -0.491 e. The first kappa shape index (κ1) is 11.5. The fourth-order valence-electron chi connectivity index (χ4n) is 0.800. The third-order valence-corrected chi connectivity index (χ3v) is 3.12. The second-order valence-corrected chi connectivity index (χ2v) is 4.87. The summed E-state index contributed by atoms with van der Waals surface area (Å²) in [6.07, 6.45) is 0.998. The monoisotopic (exact) mass is 369 g/mol. The predicted octanol–water partition coefficient (Wildman–Crippen LogP) is 4.18. The quantitative estimate of drug-likeness (QED) is 0.570. The van der Waals surface area contributed by atoms with E-state index in [0.29, 0.717) is 6.61 Å². The molecule has 0 unspecified atom stereocenters. The van der Waals surface area contributed by atoms with Gasteiger partial charge in [-0.2, -0.15) is 0 Å². The van der Waals surface area contributed by atoms with Gasteiger partial charge in [0, 0.05) is 5.33 Å². The first-order chi connectivity index (χ1) is 6.25. The van der Waals surface area contributed by atoms with Crippen molar-refractivity contribution in [2.45, 2.75) is 6.42 Å². The number of benzene rings is 1. The molecule has 0 aromatic heterocycles. The van der Waals surface area contributed by atoms with Crippen molar-refractivity contribution in [2.75, 3.05) is 11.9 Å². The summed E-state index contributed by atoms with van der Waals surface area (Å²) in [6, 6.07) is 6.66. The minimum atomic E-state index is 0.715. The summed E-state index contributed by atoms with van der Waals surface area (Å²) in [6.45, 7) is 0.715. The molecule has 1 radical (unpaired) electrons. The van der Waals surface area contributed by atoms with Crippen molar-refractivity contribution < 1.29 is 4.74 Å². The fourth-order valence-corrected chi connectivity index (χ4v) is 2.22. The number of rotatable bonds is 4. The Morgan fingerprint density at radius 3 is 2.38 bits per heavy atom. The largest absolute Gasteiger partial charge is 0.491 e. The molecule has 0 atom stereocenters. The van der Waals surface area contributed by atoms with Crippen LogP contribution in [0.4, 0.5) is 0 Å². The predicted molar refractivity (Wildman–Crippen MR) is 64.6 cm³/mol. The van der Waals surface area contributed by atoms with Crippen LogP contribution in [0, 0.1) is 6.07 Å². The summed E-state index contributed by atoms with van der Waals surface area (Å²) >= 11 is 10.2. The van der Waals surface area contributed by atoms with Crippen LogP contribution in [-0.4, -0.2) is 11.9 Å². The maximum atomic E-state index is 5.56. The van der Waals surface area contributed by atoms with Crippen LogP contribution in [0.15, 0.2) is 21.1 Å². The number of alkyl halides is 1. The highest BCUT2D eigenvalue weighted by Crippen LogP contribution is 2.32. The van der Waals surface area contributed by atoms with E-state index in [0.717, 1.165) is 26.4 Å². The van der Waals surface area contributed by atoms with Crippen LogP contribution in [0.2, 0.25) is 0 Å². The van der Waals surface area contributed by atoms with E-state index in [1.54, 1.807) is 0 Å². The van der Waals surface area contributed by atoms with Crippen molar-refractivity contribution in [1.82, 2.24) is 0 Å². The number of hydrogen-bond donors (Lipinski definition) is 0. The molecule has 0 aliphatic carbocycles. The second kappa shape index (κ2) is 6.04. The van der Waals surface area contributed by atoms with Gasteiger partial charge in [-0.15, -0.1) is 0 Å². The van der Waals surface area contributed by atoms with Gasteiger partial charge in [-0.25, -0.2) is 0 Å². The summed E-state index contributed by atoms with van der Waals surface area (Å²) < 4.78 is 7.42. The highest BCUT2D eigenvalue weighted by molar-refractivity contribution is 9.11. The van der Waals surface area contributed by atoms with E-state index in [4.69, 9.17) is 4.74 Å². The molecule has 0 aliphatic heterocycles. The summed E-state index contributed by atoms with van der Waals surface area (Å²) in [5.74, 6) is 0.847. The summed E-state index contributed by atoms with van der Waals surface area (Å²) in [5, 5.41) is 0.960. The zero-order valence-electron chi connectivity index (χ0n) is 6.82. The molecule has 1 rings (SSSR count). The number of hydrogen-bond acceptors (Lipinski definition) is 1. The van der Waals surface area contributed by atoms with Gasteiger partial charge in [0.05, 0.1) is 15.6 Å². The Hall–Kier alpha value is 0.460. The molecule has 0 saturated heterocycles. The maximum absolute atomic E-state index is 5.56. The molecule has 0 heterocycles. The Kier molecular flexibility index (Phi) is 5.36. The highest BCUT2D eigenvalue weighted by atomic mass is 79.9. The van der Waals surface area contributed by atoms with E-state index < -0.39 is 0 Å². The Morgan fingerprint density at radius 1 is 1.23 bits per heavy atom. The Labute approximate surface area is 103 Å². The molecule has 0 N–H and O–H groups in total. The van der Waals surface area contributed by atoms with Gasteiger partial charge in [0.1, 0.15) is 5.75 Å². The molecule has 0 aliphatic rings. The molecule has 1 aromatic rings. The van der Waals surface area contributed by atoms with Crippen molar-refractivity contribution in [1.29, 1.82) is 0 Å². The lowest BCUT2D eigenvalue weighted by atomic mass is 10.3. The zero-order chi connectivity index (χ0) is 9.68. The Balaban J connectivity index is 2.64. The lowest BCUT2D eigenvalue weighted by Crippen LogP contribution is -1.98. The number of halogens is 3. The summed E-state index contributed by atoms with van der Waals surface area (Å²) in [7, 11) is 0. The van der Waals surface area contributed by atoms with Gasteiger partial charge in [0.25, 0.3) is 0 Å². The van der Waals surface area contributed by atoms with E-state index in [9.17, 15) is 0 Å². The molecule has 1 aromatic carbocycles. The van der Waals surface area contributed by atoms with Crippen molar-refractivity contribution in [3.8, 4) is 5.75 Å². The lowest BCUT2D eigenvalue weighted by Gasteiger charge is -2.08. The molecule has 0 amide bonds. The van der Waals surface area contributed by atoms with Crippen LogP contribution in [0.5, 0.6) is 5.75 Å². The maximum Gasteiger partial charge on any atom is 0.147 e. The van der Waals surface area contributed by atoms with E-state index in [2.05, 4.69) is 53.9 Å². The van der Waals surface area contributed by atoms with Crippen LogP contribution >= 0.6 is 47.8 Å². The van der Waals surface area contributed by atoms with Crippen LogP contribution in [-0.2, 0) is 0 Å². The molecule has 1 nitrogen and oxygen atoms in total. The smallest absolute Gasteiger partial charge is 0.147 e. The topological polar surface area (TPSA) is 9.23 Å². The Bertz CT molecular complexity index is 255. The molecule has 0 fully saturated rings. The molecule has 0 spiro atoms. The van der Waals surface area contributed by atoms with Crippen LogP contribution in [0.25, 0.3) is 0 Å². The third kappa shape index (κ3) is 3.60. The first-order valence-electron chi connectivity index (χ1n) is 3.79. The van der Waals surface area contributed by atoms with Crippen LogP contribution < -0.4 is 4.74 Å². The first-order valence-corrected chi connectivity index (χ1v) is 6.50. The van der Waals surface area contributed by atoms with Gasteiger partial charge in [-0.05, 0) is 56.5 Å². The number of ether oxygens (including phenoxy) is 1. The van der Waals surface area contributed by atoms with Crippen molar-refractivity contribution in [2.24, 2.45) is 0 Å². The molecule has 13 heavy (non-hydrogen) atoms. The molecule has 0 saturated carbocycles. The van der Waals surface area contributed by atoms with E-state index in [-0.39, 0.29) is 0 Å². The van der Waals surface area contributed by atoms with Crippen molar-refractivity contribution in [3.05, 3.63) is 27.1 Å². The zero-order valence-corrected chi connectivity index (χ0v) is 11.6. The van der Waals surface area contributed by atoms with Gasteiger partial charge in [-0.1, -0.05) is 15.9 Å². The Morgan fingerprint density at radius 2 is 1.85 bits per heavy atom. The van der Waals surface area contributed by atoms with Gasteiger partial charge in [-0.3, -0.25) is 0 Å². The minimum absolute atomic E-state index is 0.715. The lowest BCUT2D eigenvalue weighted by molar-refractivity contribution is 0.315. The normalized spacial score (nSPS) is 10.1. The molecule has 0 bridgehead atoms. The third-order valence-electron chi connectivity index (χ3n) is 1.38. The van der Waals surface area contributed by atoms with Gasteiger partial charge in [0.2, 0.25) is 0 Å². The average Bonchev–Trinajstić information content (AvgIpc) is 2.10. The SMILES string of the molecule is BrCCCOc1c(Br)c[c]cc1Br. The molecular formula is C9H8Br3O. The van der Waals surface area contributed by atoms with E-state index in [1.807, 2.05) is 12.1 Å². The average molecular weight is 372 g/mol. The molecular weight excluding hydrogens is 364 g/mol. The van der Waals surface area contributed by atoms with Gasteiger partial charge < -0.3 is 4.74 Å².